The summed E-state index contributed by atoms with van der Waals surface area (Å²) in [5.41, 5.74) is 1.81. The van der Waals surface area contributed by atoms with Gasteiger partial charge < -0.3 is 19.5 Å². The molecule has 1 aliphatic heterocycles. The van der Waals surface area contributed by atoms with Gasteiger partial charge in [0.2, 0.25) is 0 Å². The number of pyridine rings is 2. The summed E-state index contributed by atoms with van der Waals surface area (Å²) in [4.78, 5) is 19.1. The van der Waals surface area contributed by atoms with Crippen molar-refractivity contribution in [3.63, 3.8) is 0 Å². The molecule has 1 fully saturated rings. The molecule has 0 aliphatic carbocycles. The molecule has 1 saturated heterocycles. The standard InChI is InChI=1S/C24H24F3N5O2/c1-15-20(17-11-21(28)31(2)22(12-17)32-6-8-34-9-7-32)13-19(14-29-15)30-23(33)16-4-3-5-18(10-16)24(25,26)27/h3-5,10-14,28H,6-9H2,1-2H3,(H,30,33). The number of aromatic nitrogens is 2. The second-order valence-electron chi connectivity index (χ2n) is 8.04. The Bertz CT molecular complexity index is 1280. The molecule has 3 aromatic rings. The normalized spacial score (nSPS) is 14.2. The first kappa shape index (κ1) is 23.5. The molecule has 1 aromatic carbocycles. The molecule has 1 amide bonds. The van der Waals surface area contributed by atoms with Gasteiger partial charge in [-0.05, 0) is 48.9 Å². The zero-order valence-electron chi connectivity index (χ0n) is 18.7. The Balaban J connectivity index is 1.65. The van der Waals surface area contributed by atoms with Crippen molar-refractivity contribution < 1.29 is 22.7 Å². The number of halogens is 3. The third-order valence-corrected chi connectivity index (χ3v) is 5.72. The average molecular weight is 471 g/mol. The number of benzene rings is 1. The summed E-state index contributed by atoms with van der Waals surface area (Å²) in [6.45, 7) is 4.45. The molecule has 0 spiro atoms. The lowest BCUT2D eigenvalue weighted by Gasteiger charge is -2.30. The summed E-state index contributed by atoms with van der Waals surface area (Å²) in [6, 6.07) is 9.65. The topological polar surface area (TPSA) is 83.2 Å². The van der Waals surface area contributed by atoms with E-state index in [2.05, 4.69) is 15.2 Å². The van der Waals surface area contributed by atoms with Gasteiger partial charge in [-0.3, -0.25) is 15.2 Å². The highest BCUT2D eigenvalue weighted by Gasteiger charge is 2.31. The number of carbonyl (C=O) groups is 1. The lowest BCUT2D eigenvalue weighted by molar-refractivity contribution is -0.137. The summed E-state index contributed by atoms with van der Waals surface area (Å²) in [7, 11) is 1.83. The number of hydrogen-bond acceptors (Lipinski definition) is 5. The Morgan fingerprint density at radius 2 is 1.88 bits per heavy atom. The van der Waals surface area contributed by atoms with Crippen molar-refractivity contribution in [2.75, 3.05) is 36.5 Å². The van der Waals surface area contributed by atoms with Crippen LogP contribution >= 0.6 is 0 Å². The van der Waals surface area contributed by atoms with Gasteiger partial charge in [0.1, 0.15) is 11.3 Å². The van der Waals surface area contributed by atoms with Gasteiger partial charge in [0.15, 0.2) is 0 Å². The zero-order chi connectivity index (χ0) is 24.5. The van der Waals surface area contributed by atoms with Crippen LogP contribution in [-0.4, -0.2) is 41.8 Å². The number of amides is 1. The molecule has 3 heterocycles. The molecule has 0 unspecified atom stereocenters. The molecular weight excluding hydrogens is 447 g/mol. The van der Waals surface area contributed by atoms with Crippen LogP contribution in [0.1, 0.15) is 21.6 Å². The van der Waals surface area contributed by atoms with E-state index in [1.54, 1.807) is 16.7 Å². The van der Waals surface area contributed by atoms with E-state index in [1.165, 1.54) is 18.3 Å². The smallest absolute Gasteiger partial charge is 0.378 e. The molecule has 178 valence electrons. The number of ether oxygens (including phenoxy) is 1. The van der Waals surface area contributed by atoms with E-state index >= 15 is 0 Å². The number of rotatable bonds is 4. The Hall–Kier alpha value is -3.66. The van der Waals surface area contributed by atoms with Crippen LogP contribution in [0.4, 0.5) is 24.7 Å². The van der Waals surface area contributed by atoms with Crippen LogP contribution < -0.4 is 15.7 Å². The van der Waals surface area contributed by atoms with Crippen LogP contribution in [0.3, 0.4) is 0 Å². The maximum Gasteiger partial charge on any atom is 0.416 e. The minimum Gasteiger partial charge on any atom is -0.378 e. The van der Waals surface area contributed by atoms with Gasteiger partial charge in [-0.2, -0.15) is 13.2 Å². The minimum atomic E-state index is -4.54. The van der Waals surface area contributed by atoms with Crippen LogP contribution in [0.15, 0.2) is 48.7 Å². The number of aryl methyl sites for hydroxylation is 1. The largest absolute Gasteiger partial charge is 0.416 e. The van der Waals surface area contributed by atoms with Crippen LogP contribution in [0, 0.1) is 12.3 Å². The number of hydrogen-bond donors (Lipinski definition) is 2. The highest BCUT2D eigenvalue weighted by molar-refractivity contribution is 6.04. The van der Waals surface area contributed by atoms with Crippen molar-refractivity contribution in [1.82, 2.24) is 9.55 Å². The van der Waals surface area contributed by atoms with Crippen molar-refractivity contribution in [3.05, 3.63) is 71.0 Å². The van der Waals surface area contributed by atoms with E-state index in [1.807, 2.05) is 20.0 Å². The first-order chi connectivity index (χ1) is 16.1. The Labute approximate surface area is 194 Å². The molecule has 4 rings (SSSR count). The fourth-order valence-corrected chi connectivity index (χ4v) is 3.83. The number of anilines is 2. The summed E-state index contributed by atoms with van der Waals surface area (Å²) in [5.74, 6) is 0.195. The fourth-order valence-electron chi connectivity index (χ4n) is 3.83. The molecule has 34 heavy (non-hydrogen) atoms. The fraction of sp³-hybridized carbons (Fsp3) is 0.292. The van der Waals surface area contributed by atoms with Crippen LogP contribution in [-0.2, 0) is 18.0 Å². The number of morpholine rings is 1. The molecule has 2 N–H and O–H groups in total. The summed E-state index contributed by atoms with van der Waals surface area (Å²) < 4.78 is 46.2. The Morgan fingerprint density at radius 1 is 1.15 bits per heavy atom. The monoisotopic (exact) mass is 471 g/mol. The second-order valence-corrected chi connectivity index (χ2v) is 8.04. The van der Waals surface area contributed by atoms with E-state index in [-0.39, 0.29) is 5.56 Å². The first-order valence-electron chi connectivity index (χ1n) is 10.7. The highest BCUT2D eigenvalue weighted by atomic mass is 19.4. The van der Waals surface area contributed by atoms with Gasteiger partial charge >= 0.3 is 6.18 Å². The predicted molar refractivity (Wildman–Crippen MR) is 122 cm³/mol. The van der Waals surface area contributed by atoms with Crippen molar-refractivity contribution >= 4 is 17.4 Å². The van der Waals surface area contributed by atoms with Crippen LogP contribution in [0.5, 0.6) is 0 Å². The van der Waals surface area contributed by atoms with E-state index in [4.69, 9.17) is 10.1 Å². The van der Waals surface area contributed by atoms with Gasteiger partial charge in [0.05, 0.1) is 30.7 Å². The summed E-state index contributed by atoms with van der Waals surface area (Å²) in [5, 5.41) is 11.0. The molecule has 0 atom stereocenters. The SMILES string of the molecule is Cc1ncc(NC(=O)c2cccc(C(F)(F)F)c2)cc1-c1cc(N2CCOCC2)n(C)c(=N)c1. The van der Waals surface area contributed by atoms with E-state index in [9.17, 15) is 18.0 Å². The first-order valence-corrected chi connectivity index (χ1v) is 10.7. The molecular formula is C24H24F3N5O2. The Kier molecular flexibility index (Phi) is 6.43. The summed E-state index contributed by atoms with van der Waals surface area (Å²) in [6.07, 6.45) is -3.08. The molecule has 1 aliphatic rings. The number of nitrogens with zero attached hydrogens (tertiary/aromatic N) is 3. The molecule has 2 aromatic heterocycles. The van der Waals surface area contributed by atoms with E-state index < -0.39 is 17.6 Å². The molecule has 7 nitrogen and oxygen atoms in total. The summed E-state index contributed by atoms with van der Waals surface area (Å²) >= 11 is 0. The lowest BCUT2D eigenvalue weighted by atomic mass is 10.0. The lowest BCUT2D eigenvalue weighted by Crippen LogP contribution is -2.39. The third-order valence-electron chi connectivity index (χ3n) is 5.72. The average Bonchev–Trinajstić information content (AvgIpc) is 2.82. The molecule has 10 heteroatoms. The Morgan fingerprint density at radius 3 is 2.59 bits per heavy atom. The second kappa shape index (κ2) is 9.30. The van der Waals surface area contributed by atoms with E-state index in [0.29, 0.717) is 48.7 Å². The van der Waals surface area contributed by atoms with Crippen LogP contribution in [0.2, 0.25) is 0 Å². The van der Waals surface area contributed by atoms with Crippen molar-refractivity contribution in [1.29, 1.82) is 5.41 Å². The van der Waals surface area contributed by atoms with Crippen molar-refractivity contribution in [3.8, 4) is 11.1 Å². The predicted octanol–water partition coefficient (Wildman–Crippen LogP) is 3.98. The number of alkyl halides is 3. The number of carbonyl (C=O) groups excluding carboxylic acids is 1. The van der Waals surface area contributed by atoms with Gasteiger partial charge in [0.25, 0.3) is 5.91 Å². The minimum absolute atomic E-state index is 0.105. The van der Waals surface area contributed by atoms with E-state index in [0.717, 1.165) is 23.5 Å². The maximum atomic E-state index is 13.0. The van der Waals surface area contributed by atoms with Crippen molar-refractivity contribution in [2.45, 2.75) is 13.1 Å². The molecule has 0 radical (unpaired) electrons. The number of nitrogens with one attached hydrogen (secondary N) is 2. The quantitative estimate of drug-likeness (QED) is 0.603. The van der Waals surface area contributed by atoms with Crippen molar-refractivity contribution in [2.24, 2.45) is 7.05 Å². The molecule has 0 bridgehead atoms. The maximum absolute atomic E-state index is 13.0. The van der Waals surface area contributed by atoms with Gasteiger partial charge in [-0.15, -0.1) is 0 Å². The van der Waals surface area contributed by atoms with Crippen LogP contribution in [0.25, 0.3) is 11.1 Å². The highest BCUT2D eigenvalue weighted by Crippen LogP contribution is 2.30. The molecule has 0 saturated carbocycles. The van der Waals surface area contributed by atoms with Gasteiger partial charge in [0, 0.05) is 37.0 Å². The van der Waals surface area contributed by atoms with Gasteiger partial charge in [-0.1, -0.05) is 6.07 Å². The zero-order valence-corrected chi connectivity index (χ0v) is 18.7. The third kappa shape index (κ3) is 4.96. The van der Waals surface area contributed by atoms with Gasteiger partial charge in [-0.25, -0.2) is 0 Å².